The number of benzene rings is 2. The van der Waals surface area contributed by atoms with Gasteiger partial charge >= 0.3 is 5.97 Å². The van der Waals surface area contributed by atoms with Crippen LogP contribution in [-0.2, 0) is 14.4 Å². The lowest BCUT2D eigenvalue weighted by Gasteiger charge is -2.14. The first-order valence-electron chi connectivity index (χ1n) is 8.47. The lowest BCUT2D eigenvalue weighted by Crippen LogP contribution is -2.35. The molecule has 0 radical (unpaired) electrons. The second kappa shape index (κ2) is 8.26. The zero-order chi connectivity index (χ0) is 20.3. The summed E-state index contributed by atoms with van der Waals surface area (Å²) >= 11 is 3.38. The predicted molar refractivity (Wildman–Crippen MR) is 107 cm³/mol. The van der Waals surface area contributed by atoms with Crippen molar-refractivity contribution in [2.45, 2.75) is 13.8 Å². The predicted octanol–water partition coefficient (Wildman–Crippen LogP) is 3.23. The number of nitrogens with zero attached hydrogens (tertiary/aromatic N) is 1. The number of nitrogens with one attached hydrogen (secondary N) is 1. The summed E-state index contributed by atoms with van der Waals surface area (Å²) < 4.78 is 11.2. The maximum absolute atomic E-state index is 12.7. The largest absolute Gasteiger partial charge is 0.490 e. The van der Waals surface area contributed by atoms with Gasteiger partial charge in [0.05, 0.1) is 12.3 Å². The van der Waals surface area contributed by atoms with Gasteiger partial charge in [-0.2, -0.15) is 0 Å². The minimum Gasteiger partial charge on any atom is -0.490 e. The Kier molecular flexibility index (Phi) is 5.79. The summed E-state index contributed by atoms with van der Waals surface area (Å²) in [6.07, 6.45) is 1.46. The zero-order valence-electron chi connectivity index (χ0n) is 15.2. The first-order chi connectivity index (χ1) is 13.4. The number of amides is 2. The Balaban J connectivity index is 1.98. The van der Waals surface area contributed by atoms with Gasteiger partial charge in [0.15, 0.2) is 11.5 Å². The van der Waals surface area contributed by atoms with E-state index in [1.165, 1.54) is 18.0 Å². The summed E-state index contributed by atoms with van der Waals surface area (Å²) in [4.78, 5) is 36.4. The van der Waals surface area contributed by atoms with Crippen LogP contribution in [0.25, 0.3) is 6.08 Å². The van der Waals surface area contributed by atoms with Gasteiger partial charge in [0.1, 0.15) is 5.57 Å². The standard InChI is InChI=1S/C20H17BrN2O5/c1-3-27-17-10-13(16(21)11-18(17)28-12(2)24)9-15-19(25)22-23(20(15)26)14-7-5-4-6-8-14/h4-11H,3H2,1-2H3,(H,22,25)/b15-9-. The summed E-state index contributed by atoms with van der Waals surface area (Å²) in [5.41, 5.74) is 3.62. The lowest BCUT2D eigenvalue weighted by molar-refractivity contribution is -0.132. The van der Waals surface area contributed by atoms with Gasteiger partial charge in [0.2, 0.25) is 0 Å². The Morgan fingerprint density at radius 3 is 2.54 bits per heavy atom. The first kappa shape index (κ1) is 19.6. The molecule has 0 spiro atoms. The number of carbonyl (C=O) groups is 3. The fraction of sp³-hybridized carbons (Fsp3) is 0.150. The molecule has 1 aliphatic heterocycles. The third-order valence-corrected chi connectivity index (χ3v) is 4.51. The molecule has 0 bridgehead atoms. The molecule has 0 aliphatic carbocycles. The van der Waals surface area contributed by atoms with Gasteiger partial charge in [-0.15, -0.1) is 0 Å². The van der Waals surface area contributed by atoms with Crippen LogP contribution in [0.1, 0.15) is 19.4 Å². The highest BCUT2D eigenvalue weighted by Crippen LogP contribution is 2.35. The van der Waals surface area contributed by atoms with Crippen molar-refractivity contribution < 1.29 is 23.9 Å². The van der Waals surface area contributed by atoms with E-state index in [0.717, 1.165) is 0 Å². The summed E-state index contributed by atoms with van der Waals surface area (Å²) in [6, 6.07) is 12.0. The molecule has 1 saturated heterocycles. The molecule has 1 N–H and O–H groups in total. The van der Waals surface area contributed by atoms with E-state index in [9.17, 15) is 14.4 Å². The van der Waals surface area contributed by atoms with E-state index in [4.69, 9.17) is 9.47 Å². The van der Waals surface area contributed by atoms with Crippen LogP contribution in [0.4, 0.5) is 5.69 Å². The van der Waals surface area contributed by atoms with Crippen LogP contribution in [0, 0.1) is 0 Å². The van der Waals surface area contributed by atoms with Crippen molar-refractivity contribution in [3.8, 4) is 11.5 Å². The van der Waals surface area contributed by atoms with Gasteiger partial charge in [0.25, 0.3) is 11.8 Å². The van der Waals surface area contributed by atoms with Gasteiger partial charge in [-0.1, -0.05) is 34.1 Å². The molecule has 3 rings (SSSR count). The SMILES string of the molecule is CCOc1cc(/C=C2/C(=O)NN(c3ccccc3)C2=O)c(Br)cc1OC(C)=O. The summed E-state index contributed by atoms with van der Waals surface area (Å²) in [5.74, 6) is -0.884. The van der Waals surface area contributed by atoms with Crippen LogP contribution < -0.4 is 19.9 Å². The maximum Gasteiger partial charge on any atom is 0.308 e. The van der Waals surface area contributed by atoms with E-state index in [1.807, 2.05) is 6.07 Å². The molecule has 0 unspecified atom stereocenters. The van der Waals surface area contributed by atoms with Gasteiger partial charge in [0, 0.05) is 11.4 Å². The fourth-order valence-electron chi connectivity index (χ4n) is 2.64. The molecule has 2 aromatic carbocycles. The Morgan fingerprint density at radius 1 is 1.18 bits per heavy atom. The van der Waals surface area contributed by atoms with Crippen LogP contribution in [-0.4, -0.2) is 24.4 Å². The van der Waals surface area contributed by atoms with E-state index in [2.05, 4.69) is 21.4 Å². The smallest absolute Gasteiger partial charge is 0.308 e. The van der Waals surface area contributed by atoms with Crippen molar-refractivity contribution in [1.82, 2.24) is 5.43 Å². The Bertz CT molecular complexity index is 972. The Morgan fingerprint density at radius 2 is 1.89 bits per heavy atom. The molecule has 0 atom stereocenters. The second-order valence-electron chi connectivity index (χ2n) is 5.82. The molecule has 28 heavy (non-hydrogen) atoms. The first-order valence-corrected chi connectivity index (χ1v) is 9.27. The molecule has 144 valence electrons. The third kappa shape index (κ3) is 4.07. The van der Waals surface area contributed by atoms with E-state index < -0.39 is 17.8 Å². The second-order valence-corrected chi connectivity index (χ2v) is 6.68. The molecule has 1 fully saturated rings. The highest BCUT2D eigenvalue weighted by Gasteiger charge is 2.34. The van der Waals surface area contributed by atoms with E-state index in [0.29, 0.717) is 28.1 Å². The molecule has 2 amide bonds. The van der Waals surface area contributed by atoms with E-state index in [1.54, 1.807) is 43.3 Å². The molecule has 8 heteroatoms. The topological polar surface area (TPSA) is 84.9 Å². The Hall–Kier alpha value is -3.13. The highest BCUT2D eigenvalue weighted by molar-refractivity contribution is 9.10. The number of ether oxygens (including phenoxy) is 2. The fourth-order valence-corrected chi connectivity index (χ4v) is 3.07. The molecule has 0 aromatic heterocycles. The summed E-state index contributed by atoms with van der Waals surface area (Å²) in [7, 11) is 0. The molecule has 1 aliphatic rings. The van der Waals surface area contributed by atoms with E-state index >= 15 is 0 Å². The average Bonchev–Trinajstić information content (AvgIpc) is 2.94. The van der Waals surface area contributed by atoms with Crippen molar-refractivity contribution >= 4 is 45.5 Å². The van der Waals surface area contributed by atoms with Crippen molar-refractivity contribution in [3.63, 3.8) is 0 Å². The molecule has 0 saturated carbocycles. The van der Waals surface area contributed by atoms with Crippen molar-refractivity contribution in [1.29, 1.82) is 0 Å². The van der Waals surface area contributed by atoms with Crippen LogP contribution in [0.2, 0.25) is 0 Å². The maximum atomic E-state index is 12.7. The van der Waals surface area contributed by atoms with Gasteiger partial charge in [-0.25, -0.2) is 5.01 Å². The van der Waals surface area contributed by atoms with E-state index in [-0.39, 0.29) is 11.3 Å². The normalized spacial score (nSPS) is 15.0. The molecular formula is C20H17BrN2O5. The Labute approximate surface area is 170 Å². The number of rotatable bonds is 5. The number of carbonyl (C=O) groups excluding carboxylic acids is 3. The minimum atomic E-state index is -0.511. The zero-order valence-corrected chi connectivity index (χ0v) is 16.8. The minimum absolute atomic E-state index is 0.0211. The van der Waals surface area contributed by atoms with Crippen LogP contribution in [0.15, 0.2) is 52.5 Å². The van der Waals surface area contributed by atoms with Crippen molar-refractivity contribution in [2.75, 3.05) is 11.6 Å². The van der Waals surface area contributed by atoms with Gasteiger partial charge in [-0.3, -0.25) is 19.8 Å². The number of hydrazine groups is 1. The van der Waals surface area contributed by atoms with Crippen molar-refractivity contribution in [3.05, 3.63) is 58.1 Å². The monoisotopic (exact) mass is 444 g/mol. The number of halogens is 1. The van der Waals surface area contributed by atoms with Crippen LogP contribution in [0.3, 0.4) is 0 Å². The molecule has 1 heterocycles. The average molecular weight is 445 g/mol. The number of esters is 1. The summed E-state index contributed by atoms with van der Waals surface area (Å²) in [6.45, 7) is 3.44. The highest BCUT2D eigenvalue weighted by atomic mass is 79.9. The molecular weight excluding hydrogens is 428 g/mol. The number of hydrogen-bond donors (Lipinski definition) is 1. The van der Waals surface area contributed by atoms with Crippen LogP contribution >= 0.6 is 15.9 Å². The number of anilines is 1. The molecule has 2 aromatic rings. The van der Waals surface area contributed by atoms with Gasteiger partial charge in [-0.05, 0) is 42.8 Å². The van der Waals surface area contributed by atoms with Crippen LogP contribution in [0.5, 0.6) is 11.5 Å². The quantitative estimate of drug-likeness (QED) is 0.331. The lowest BCUT2D eigenvalue weighted by atomic mass is 10.1. The molecule has 7 nitrogen and oxygen atoms in total. The summed E-state index contributed by atoms with van der Waals surface area (Å²) in [5, 5.41) is 1.19. The van der Waals surface area contributed by atoms with Gasteiger partial charge < -0.3 is 9.47 Å². The van der Waals surface area contributed by atoms with Crippen molar-refractivity contribution in [2.24, 2.45) is 0 Å². The number of hydrogen-bond acceptors (Lipinski definition) is 5. The third-order valence-electron chi connectivity index (χ3n) is 3.82. The number of para-hydroxylation sites is 1.